The quantitative estimate of drug-likeness (QED) is 0.295. The summed E-state index contributed by atoms with van der Waals surface area (Å²) in [5.41, 5.74) is 2.00. The van der Waals surface area contributed by atoms with E-state index in [1.807, 2.05) is 0 Å². The molecule has 0 unspecified atom stereocenters. The molecule has 8 nitrogen and oxygen atoms in total. The SMILES string of the molecule is C#Cc1ccc(N(C(=O)Nc2ccc(C=NN(C)CCC#N)cc2)C(=O)c2cccc(Cl)c2)nc1. The van der Waals surface area contributed by atoms with Gasteiger partial charge in [-0.15, -0.1) is 6.42 Å². The molecule has 0 saturated heterocycles. The van der Waals surface area contributed by atoms with Gasteiger partial charge in [-0.1, -0.05) is 35.7 Å². The Hall–Kier alpha value is -4.66. The van der Waals surface area contributed by atoms with E-state index in [1.165, 1.54) is 18.3 Å². The van der Waals surface area contributed by atoms with Gasteiger partial charge >= 0.3 is 6.03 Å². The number of carbonyl (C=O) groups is 2. The van der Waals surface area contributed by atoms with Gasteiger partial charge in [0, 0.05) is 41.6 Å². The molecule has 0 radical (unpaired) electrons. The molecule has 3 aromatic rings. The fourth-order valence-corrected chi connectivity index (χ4v) is 3.11. The predicted octanol–water partition coefficient (Wildman–Crippen LogP) is 4.77. The molecule has 1 N–H and O–H groups in total. The van der Waals surface area contributed by atoms with Crippen molar-refractivity contribution in [1.82, 2.24) is 9.99 Å². The van der Waals surface area contributed by atoms with E-state index in [-0.39, 0.29) is 11.4 Å². The third-order valence-corrected chi connectivity index (χ3v) is 4.97. The lowest BCUT2D eigenvalue weighted by Gasteiger charge is -2.21. The molecule has 3 rings (SSSR count). The van der Waals surface area contributed by atoms with Crippen LogP contribution in [0.1, 0.15) is 27.9 Å². The Morgan fingerprint density at radius 1 is 1.20 bits per heavy atom. The van der Waals surface area contributed by atoms with E-state index in [2.05, 4.69) is 27.4 Å². The Morgan fingerprint density at radius 3 is 2.60 bits per heavy atom. The molecule has 0 aliphatic heterocycles. The second kappa shape index (κ2) is 12.0. The van der Waals surface area contributed by atoms with E-state index in [0.29, 0.717) is 29.2 Å². The zero-order valence-corrected chi connectivity index (χ0v) is 19.6. The van der Waals surface area contributed by atoms with E-state index in [1.54, 1.807) is 66.8 Å². The lowest BCUT2D eigenvalue weighted by Crippen LogP contribution is -2.40. The minimum Gasteiger partial charge on any atom is -0.307 e. The maximum Gasteiger partial charge on any atom is 0.334 e. The minimum absolute atomic E-state index is 0.107. The Bertz CT molecular complexity index is 1310. The van der Waals surface area contributed by atoms with Crippen molar-refractivity contribution in [1.29, 1.82) is 5.26 Å². The summed E-state index contributed by atoms with van der Waals surface area (Å²) in [7, 11) is 1.78. The monoisotopic (exact) mass is 484 g/mol. The van der Waals surface area contributed by atoms with Crippen molar-refractivity contribution < 1.29 is 9.59 Å². The predicted molar refractivity (Wildman–Crippen MR) is 136 cm³/mol. The van der Waals surface area contributed by atoms with Crippen LogP contribution in [0.2, 0.25) is 5.02 Å². The zero-order valence-electron chi connectivity index (χ0n) is 18.9. The van der Waals surface area contributed by atoms with Crippen LogP contribution in [-0.2, 0) is 0 Å². The van der Waals surface area contributed by atoms with Gasteiger partial charge in [0.05, 0.1) is 18.7 Å². The van der Waals surface area contributed by atoms with Gasteiger partial charge in [0.1, 0.15) is 5.82 Å². The number of rotatable bonds is 7. The number of nitrogens with one attached hydrogen (secondary N) is 1. The number of hydrazone groups is 1. The molecule has 9 heteroatoms. The lowest BCUT2D eigenvalue weighted by atomic mass is 10.2. The van der Waals surface area contributed by atoms with Gasteiger partial charge in [-0.2, -0.15) is 10.4 Å². The molecule has 1 heterocycles. The first-order valence-corrected chi connectivity index (χ1v) is 10.8. The smallest absolute Gasteiger partial charge is 0.307 e. The first-order valence-electron chi connectivity index (χ1n) is 10.5. The van der Waals surface area contributed by atoms with Crippen LogP contribution in [0.3, 0.4) is 0 Å². The molecule has 0 aliphatic carbocycles. The van der Waals surface area contributed by atoms with Crippen molar-refractivity contribution in [2.75, 3.05) is 23.8 Å². The fourth-order valence-electron chi connectivity index (χ4n) is 2.92. The van der Waals surface area contributed by atoms with E-state index in [4.69, 9.17) is 23.3 Å². The van der Waals surface area contributed by atoms with Gasteiger partial charge in [0.2, 0.25) is 0 Å². The summed E-state index contributed by atoms with van der Waals surface area (Å²) in [4.78, 5) is 31.5. The Labute approximate surface area is 208 Å². The van der Waals surface area contributed by atoms with Crippen molar-refractivity contribution in [3.63, 3.8) is 0 Å². The van der Waals surface area contributed by atoms with E-state index in [9.17, 15) is 9.59 Å². The van der Waals surface area contributed by atoms with Gasteiger partial charge in [0.25, 0.3) is 5.91 Å². The van der Waals surface area contributed by atoms with Crippen LogP contribution in [0, 0.1) is 23.7 Å². The number of terminal acetylenes is 1. The van der Waals surface area contributed by atoms with Gasteiger partial charge in [-0.3, -0.25) is 9.80 Å². The van der Waals surface area contributed by atoms with Gasteiger partial charge in [-0.25, -0.2) is 14.7 Å². The molecule has 0 bridgehead atoms. The van der Waals surface area contributed by atoms with E-state index < -0.39 is 11.9 Å². The standard InChI is InChI=1S/C26H21ClN6O2/c1-3-19-10-13-24(29-17-19)33(25(34)21-6-4-7-22(27)16-21)26(35)31-23-11-8-20(9-12-23)18-30-32(2)15-5-14-28/h1,4,6-13,16-18H,5,15H2,2H3,(H,31,35). The molecule has 2 aromatic carbocycles. The molecule has 3 amide bonds. The Morgan fingerprint density at radius 2 is 1.97 bits per heavy atom. The van der Waals surface area contributed by atoms with E-state index in [0.717, 1.165) is 10.5 Å². The summed E-state index contributed by atoms with van der Waals surface area (Å²) in [5.74, 6) is 1.96. The maximum absolute atomic E-state index is 13.2. The minimum atomic E-state index is -0.700. The van der Waals surface area contributed by atoms with Crippen molar-refractivity contribution in [3.8, 4) is 18.4 Å². The molecule has 0 spiro atoms. The number of urea groups is 1. The van der Waals surface area contributed by atoms with Crippen molar-refractivity contribution in [2.24, 2.45) is 5.10 Å². The third-order valence-electron chi connectivity index (χ3n) is 4.73. The number of imide groups is 1. The number of benzene rings is 2. The molecule has 0 aliphatic rings. The van der Waals surface area contributed by atoms with Crippen molar-refractivity contribution >= 4 is 41.3 Å². The third kappa shape index (κ3) is 6.91. The molecule has 0 saturated carbocycles. The number of nitriles is 1. The number of hydrogen-bond acceptors (Lipinski definition) is 6. The molecule has 1 aromatic heterocycles. The number of carbonyl (C=O) groups excluding carboxylic acids is 2. The molecule has 174 valence electrons. The molecule has 0 atom stereocenters. The van der Waals surface area contributed by atoms with Gasteiger partial charge in [0.15, 0.2) is 0 Å². The lowest BCUT2D eigenvalue weighted by molar-refractivity contribution is 0.0995. The van der Waals surface area contributed by atoms with Crippen LogP contribution in [-0.4, -0.2) is 41.7 Å². The first kappa shape index (κ1) is 25.0. The topological polar surface area (TPSA) is 102 Å². The summed E-state index contributed by atoms with van der Waals surface area (Å²) in [6.07, 6.45) is 8.82. The molecular weight excluding hydrogens is 464 g/mol. The highest BCUT2D eigenvalue weighted by Crippen LogP contribution is 2.20. The number of anilines is 2. The normalized spacial score (nSPS) is 10.3. The van der Waals surface area contributed by atoms with Gasteiger partial charge in [-0.05, 0) is 48.0 Å². The molecular formula is C26H21ClN6O2. The number of amides is 3. The van der Waals surface area contributed by atoms with Crippen LogP contribution in [0.5, 0.6) is 0 Å². The van der Waals surface area contributed by atoms with Crippen LogP contribution in [0.15, 0.2) is 72.0 Å². The van der Waals surface area contributed by atoms with Gasteiger partial charge < -0.3 is 5.32 Å². The maximum atomic E-state index is 13.2. The van der Waals surface area contributed by atoms with Crippen LogP contribution < -0.4 is 10.2 Å². The van der Waals surface area contributed by atoms with Crippen molar-refractivity contribution in [2.45, 2.75) is 6.42 Å². The summed E-state index contributed by atoms with van der Waals surface area (Å²) < 4.78 is 0. The number of nitrogens with zero attached hydrogens (tertiary/aromatic N) is 5. The first-order chi connectivity index (χ1) is 16.9. The highest BCUT2D eigenvalue weighted by molar-refractivity contribution is 6.31. The number of aromatic nitrogens is 1. The number of hydrogen-bond donors (Lipinski definition) is 1. The second-order valence-corrected chi connectivity index (χ2v) is 7.72. The van der Waals surface area contributed by atoms with Crippen LogP contribution >= 0.6 is 11.6 Å². The van der Waals surface area contributed by atoms with Crippen LogP contribution in [0.4, 0.5) is 16.3 Å². The summed E-state index contributed by atoms with van der Waals surface area (Å²) in [6.45, 7) is 0.522. The van der Waals surface area contributed by atoms with E-state index >= 15 is 0 Å². The molecule has 35 heavy (non-hydrogen) atoms. The largest absolute Gasteiger partial charge is 0.334 e. The highest BCUT2D eigenvalue weighted by Gasteiger charge is 2.26. The average Bonchev–Trinajstić information content (AvgIpc) is 2.87. The van der Waals surface area contributed by atoms with Crippen molar-refractivity contribution in [3.05, 3.63) is 88.6 Å². The number of halogens is 1. The highest BCUT2D eigenvalue weighted by atomic mass is 35.5. The second-order valence-electron chi connectivity index (χ2n) is 7.29. The Kier molecular flexibility index (Phi) is 8.55. The summed E-state index contributed by atoms with van der Waals surface area (Å²) >= 11 is 6.04. The summed E-state index contributed by atoms with van der Waals surface area (Å²) in [5, 5.41) is 17.6. The Balaban J connectivity index is 1.81. The molecule has 0 fully saturated rings. The fraction of sp³-hybridized carbons (Fsp3) is 0.115. The van der Waals surface area contributed by atoms with Crippen LogP contribution in [0.25, 0.3) is 0 Å². The summed E-state index contributed by atoms with van der Waals surface area (Å²) in [6, 6.07) is 17.7. The zero-order chi connectivity index (χ0) is 25.2. The average molecular weight is 485 g/mol. The number of pyridine rings is 1.